The number of imidazole rings is 1. The highest BCUT2D eigenvalue weighted by molar-refractivity contribution is 5.96. The molecule has 0 spiro atoms. The van der Waals surface area contributed by atoms with Crippen molar-refractivity contribution in [3.05, 3.63) is 18.2 Å². The van der Waals surface area contributed by atoms with Gasteiger partial charge in [0.15, 0.2) is 5.96 Å². The Morgan fingerprint density at radius 2 is 1.53 bits per heavy atom. The van der Waals surface area contributed by atoms with Crippen LogP contribution in [0, 0.1) is 0 Å². The number of aromatic nitrogens is 2. The van der Waals surface area contributed by atoms with E-state index >= 15 is 0 Å². The normalized spacial score (nSPS) is 13.7. The molecule has 0 aliphatic carbocycles. The molecule has 4 atom stereocenters. The Morgan fingerprint density at radius 3 is 2.05 bits per heavy atom. The average Bonchev–Trinajstić information content (AvgIpc) is 3.32. The zero-order chi connectivity index (χ0) is 28.8. The third kappa shape index (κ3) is 11.8. The lowest BCUT2D eigenvalue weighted by atomic mass is 10.1. The number of nitrogens with one attached hydrogen (secondary N) is 4. The van der Waals surface area contributed by atoms with Gasteiger partial charge in [-0.25, -0.2) is 9.78 Å². The number of aliphatic imine (C=N–C) groups is 1. The summed E-state index contributed by atoms with van der Waals surface area (Å²) in [7, 11) is 0. The molecule has 14 N–H and O–H groups in total. The lowest BCUT2D eigenvalue weighted by Crippen LogP contribution is -2.58. The van der Waals surface area contributed by atoms with Crippen LogP contribution in [0.3, 0.4) is 0 Å². The van der Waals surface area contributed by atoms with Crippen molar-refractivity contribution < 1.29 is 39.0 Å². The maximum atomic E-state index is 13.0. The van der Waals surface area contributed by atoms with Gasteiger partial charge < -0.3 is 54.1 Å². The lowest BCUT2D eigenvalue weighted by Gasteiger charge is -2.24. The molecule has 0 aliphatic heterocycles. The average molecular weight is 541 g/mol. The second kappa shape index (κ2) is 15.4. The number of primary amides is 1. The second-order valence-corrected chi connectivity index (χ2v) is 8.13. The molecule has 0 bridgehead atoms. The molecule has 4 unspecified atom stereocenters. The van der Waals surface area contributed by atoms with Gasteiger partial charge >= 0.3 is 11.9 Å². The van der Waals surface area contributed by atoms with Crippen LogP contribution < -0.4 is 38.9 Å². The van der Waals surface area contributed by atoms with E-state index in [0.29, 0.717) is 5.69 Å². The van der Waals surface area contributed by atoms with E-state index in [4.69, 9.17) is 28.0 Å². The van der Waals surface area contributed by atoms with E-state index in [1.54, 1.807) is 0 Å². The van der Waals surface area contributed by atoms with E-state index in [1.807, 2.05) is 5.32 Å². The maximum Gasteiger partial charge on any atom is 0.326 e. The summed E-state index contributed by atoms with van der Waals surface area (Å²) < 4.78 is 0. The van der Waals surface area contributed by atoms with Crippen LogP contribution in [0.15, 0.2) is 17.5 Å². The SMILES string of the molecule is NC(=O)CC(NC(=O)C(N)Cc1cnc[nH]1)C(=O)NC(CCCN=C(N)N)C(=O)NC(CC(=O)O)C(=O)O. The summed E-state index contributed by atoms with van der Waals surface area (Å²) in [5.41, 5.74) is 22.1. The Morgan fingerprint density at radius 1 is 0.921 bits per heavy atom. The standard InChI is InChI=1S/C20H32N10O8/c21-10(4-9-7-25-8-27-9)16(34)29-12(5-14(22)31)18(36)28-11(2-1-3-26-20(23)24)17(35)30-13(19(37)38)6-15(32)33/h7-8,10-13H,1-6,21H2,(H2,22,31)(H,25,27)(H,28,36)(H,29,34)(H,30,35)(H,32,33)(H,37,38)(H4,23,24,26). The first-order valence-electron chi connectivity index (χ1n) is 11.2. The largest absolute Gasteiger partial charge is 0.481 e. The van der Waals surface area contributed by atoms with Gasteiger partial charge in [0.1, 0.15) is 18.1 Å². The van der Waals surface area contributed by atoms with Crippen molar-refractivity contribution in [2.24, 2.45) is 27.9 Å². The Kier molecular flexibility index (Phi) is 12.7. The summed E-state index contributed by atoms with van der Waals surface area (Å²) >= 11 is 0. The predicted molar refractivity (Wildman–Crippen MR) is 130 cm³/mol. The molecule has 1 aromatic heterocycles. The number of hydrogen-bond donors (Lipinski definition) is 10. The molecule has 4 amide bonds. The number of carboxylic acid groups (broad SMARTS) is 2. The highest BCUT2D eigenvalue weighted by Crippen LogP contribution is 2.04. The van der Waals surface area contributed by atoms with Crippen LogP contribution in [0.2, 0.25) is 0 Å². The van der Waals surface area contributed by atoms with Crippen LogP contribution in [0.4, 0.5) is 0 Å². The van der Waals surface area contributed by atoms with Crippen molar-refractivity contribution >= 4 is 41.5 Å². The highest BCUT2D eigenvalue weighted by atomic mass is 16.4. The van der Waals surface area contributed by atoms with Crippen molar-refractivity contribution in [3.63, 3.8) is 0 Å². The molecule has 38 heavy (non-hydrogen) atoms. The fourth-order valence-corrected chi connectivity index (χ4v) is 3.11. The fraction of sp³-hybridized carbons (Fsp3) is 0.500. The number of rotatable bonds is 17. The zero-order valence-electron chi connectivity index (χ0n) is 20.3. The molecule has 0 radical (unpaired) electrons. The van der Waals surface area contributed by atoms with Gasteiger partial charge in [-0.1, -0.05) is 0 Å². The quantitative estimate of drug-likeness (QED) is 0.0505. The minimum atomic E-state index is -1.79. The van der Waals surface area contributed by atoms with Crippen LogP contribution in [0.1, 0.15) is 31.4 Å². The molecule has 0 aliphatic rings. The van der Waals surface area contributed by atoms with E-state index in [0.717, 1.165) is 0 Å². The maximum absolute atomic E-state index is 13.0. The predicted octanol–water partition coefficient (Wildman–Crippen LogP) is -4.78. The fourth-order valence-electron chi connectivity index (χ4n) is 3.11. The number of aliphatic carboxylic acids is 2. The molecule has 1 heterocycles. The smallest absolute Gasteiger partial charge is 0.326 e. The minimum Gasteiger partial charge on any atom is -0.481 e. The summed E-state index contributed by atoms with van der Waals surface area (Å²) in [6.07, 6.45) is 1.30. The van der Waals surface area contributed by atoms with Gasteiger partial charge in [-0.2, -0.15) is 0 Å². The van der Waals surface area contributed by atoms with Crippen LogP contribution in [0.25, 0.3) is 0 Å². The highest BCUT2D eigenvalue weighted by Gasteiger charge is 2.31. The number of carbonyl (C=O) groups excluding carboxylic acids is 4. The first-order chi connectivity index (χ1) is 17.8. The van der Waals surface area contributed by atoms with E-state index in [-0.39, 0.29) is 31.8 Å². The third-order valence-electron chi connectivity index (χ3n) is 4.94. The number of H-pyrrole nitrogens is 1. The van der Waals surface area contributed by atoms with Gasteiger partial charge in [-0.05, 0) is 12.8 Å². The number of carboxylic acids is 2. The molecule has 0 saturated carbocycles. The van der Waals surface area contributed by atoms with Gasteiger partial charge in [0.05, 0.1) is 25.2 Å². The minimum absolute atomic E-state index is 0.0344. The van der Waals surface area contributed by atoms with E-state index < -0.39 is 72.6 Å². The van der Waals surface area contributed by atoms with Gasteiger partial charge in [0.25, 0.3) is 0 Å². The summed E-state index contributed by atoms with van der Waals surface area (Å²) in [5.74, 6) is -7.11. The zero-order valence-corrected chi connectivity index (χ0v) is 20.3. The first-order valence-corrected chi connectivity index (χ1v) is 11.2. The molecule has 18 nitrogen and oxygen atoms in total. The molecule has 1 aromatic rings. The van der Waals surface area contributed by atoms with Crippen LogP contribution >= 0.6 is 0 Å². The summed E-state index contributed by atoms with van der Waals surface area (Å²) in [6, 6.07) is -5.88. The van der Waals surface area contributed by atoms with Gasteiger partial charge in [-0.15, -0.1) is 0 Å². The molecular weight excluding hydrogens is 508 g/mol. The molecule has 1 rings (SSSR count). The Hall–Kier alpha value is -4.74. The van der Waals surface area contributed by atoms with Crippen molar-refractivity contribution in [1.82, 2.24) is 25.9 Å². The van der Waals surface area contributed by atoms with Gasteiger partial charge in [0, 0.05) is 24.9 Å². The molecule has 210 valence electrons. The summed E-state index contributed by atoms with van der Waals surface area (Å²) in [4.78, 5) is 82.4. The number of aromatic amines is 1. The van der Waals surface area contributed by atoms with Crippen molar-refractivity contribution in [1.29, 1.82) is 0 Å². The molecule has 0 aromatic carbocycles. The Labute approximate surface area is 216 Å². The summed E-state index contributed by atoms with van der Waals surface area (Å²) in [5, 5.41) is 24.8. The summed E-state index contributed by atoms with van der Waals surface area (Å²) in [6.45, 7) is 0.0450. The molecular formula is C20H32N10O8. The van der Waals surface area contributed by atoms with Crippen molar-refractivity contribution in [2.45, 2.75) is 56.3 Å². The van der Waals surface area contributed by atoms with E-state index in [2.05, 4.69) is 25.6 Å². The number of nitrogens with two attached hydrogens (primary N) is 4. The van der Waals surface area contributed by atoms with E-state index in [9.17, 15) is 33.9 Å². The van der Waals surface area contributed by atoms with Crippen LogP contribution in [-0.4, -0.2) is 92.4 Å². The number of nitrogens with zero attached hydrogens (tertiary/aromatic N) is 2. The second-order valence-electron chi connectivity index (χ2n) is 8.13. The van der Waals surface area contributed by atoms with Crippen LogP contribution in [0.5, 0.6) is 0 Å². The van der Waals surface area contributed by atoms with Gasteiger partial charge in [0.2, 0.25) is 23.6 Å². The lowest BCUT2D eigenvalue weighted by molar-refractivity contribution is -0.147. The number of amides is 4. The Bertz CT molecular complexity index is 1030. The number of carbonyl (C=O) groups is 6. The number of hydrogen-bond acceptors (Lipinski definition) is 9. The molecule has 18 heteroatoms. The third-order valence-corrected chi connectivity index (χ3v) is 4.94. The van der Waals surface area contributed by atoms with Gasteiger partial charge in [-0.3, -0.25) is 29.0 Å². The van der Waals surface area contributed by atoms with E-state index in [1.165, 1.54) is 12.5 Å². The molecule has 0 saturated heterocycles. The molecule has 0 fully saturated rings. The number of guanidine groups is 1. The van der Waals surface area contributed by atoms with Crippen molar-refractivity contribution in [2.75, 3.05) is 6.54 Å². The Balaban J connectivity index is 3.02. The van der Waals surface area contributed by atoms with Crippen molar-refractivity contribution in [3.8, 4) is 0 Å². The first kappa shape index (κ1) is 31.3. The van der Waals surface area contributed by atoms with Crippen LogP contribution in [-0.2, 0) is 35.2 Å². The monoisotopic (exact) mass is 540 g/mol. The topological polar surface area (TPSA) is 324 Å².